The van der Waals surface area contributed by atoms with Gasteiger partial charge in [0.05, 0.1) is 11.8 Å². The molecular formula is C11H17N3O. The van der Waals surface area contributed by atoms with Gasteiger partial charge in [-0.1, -0.05) is 0 Å². The Morgan fingerprint density at radius 2 is 2.40 bits per heavy atom. The second-order valence-electron chi connectivity index (χ2n) is 4.08. The van der Waals surface area contributed by atoms with E-state index in [0.717, 1.165) is 30.8 Å². The predicted octanol–water partition coefficient (Wildman–Crippen LogP) is 0.788. The molecule has 2 atom stereocenters. The van der Waals surface area contributed by atoms with Crippen molar-refractivity contribution in [3.63, 3.8) is 0 Å². The fraction of sp³-hybridized carbons (Fsp3) is 0.636. The van der Waals surface area contributed by atoms with Crippen LogP contribution in [0, 0.1) is 6.92 Å². The average molecular weight is 207 g/mol. The van der Waals surface area contributed by atoms with Crippen molar-refractivity contribution in [2.45, 2.75) is 44.9 Å². The van der Waals surface area contributed by atoms with E-state index in [1.54, 1.807) is 6.20 Å². The van der Waals surface area contributed by atoms with Gasteiger partial charge < -0.3 is 10.4 Å². The maximum Gasteiger partial charge on any atom is 0.125 e. The number of aliphatic hydroxyl groups is 1. The molecule has 0 bridgehead atoms. The first-order chi connectivity index (χ1) is 7.25. The Balaban J connectivity index is 1.87. The number of rotatable bonds is 3. The molecule has 2 N–H and O–H groups in total. The maximum absolute atomic E-state index is 9.63. The number of nitrogens with one attached hydrogen (secondary N) is 1. The Morgan fingerprint density at radius 3 is 3.07 bits per heavy atom. The van der Waals surface area contributed by atoms with Crippen molar-refractivity contribution in [2.75, 3.05) is 0 Å². The topological polar surface area (TPSA) is 58.0 Å². The van der Waals surface area contributed by atoms with Crippen LogP contribution in [0.2, 0.25) is 0 Å². The van der Waals surface area contributed by atoms with Crippen molar-refractivity contribution >= 4 is 0 Å². The van der Waals surface area contributed by atoms with Crippen LogP contribution in [0.4, 0.5) is 0 Å². The lowest BCUT2D eigenvalue weighted by Gasteiger charge is -2.15. The number of aliphatic hydroxyl groups excluding tert-OH is 1. The molecule has 1 aromatic rings. The highest BCUT2D eigenvalue weighted by molar-refractivity contribution is 5.01. The molecule has 0 aliphatic heterocycles. The lowest BCUT2D eigenvalue weighted by molar-refractivity contribution is 0.148. The fourth-order valence-corrected chi connectivity index (χ4v) is 2.02. The normalized spacial score (nSPS) is 25.7. The van der Waals surface area contributed by atoms with E-state index in [-0.39, 0.29) is 12.1 Å². The molecular weight excluding hydrogens is 190 g/mol. The maximum atomic E-state index is 9.63. The second-order valence-corrected chi connectivity index (χ2v) is 4.08. The van der Waals surface area contributed by atoms with Gasteiger partial charge in [0.15, 0.2) is 0 Å². The van der Waals surface area contributed by atoms with Gasteiger partial charge in [0.2, 0.25) is 0 Å². The van der Waals surface area contributed by atoms with Gasteiger partial charge in [-0.2, -0.15) is 0 Å². The van der Waals surface area contributed by atoms with E-state index in [9.17, 15) is 5.11 Å². The number of aryl methyl sites for hydroxylation is 1. The van der Waals surface area contributed by atoms with Gasteiger partial charge in [-0.15, -0.1) is 0 Å². The molecule has 15 heavy (non-hydrogen) atoms. The number of nitrogens with zero attached hydrogens (tertiary/aromatic N) is 2. The number of hydrogen-bond acceptors (Lipinski definition) is 4. The molecule has 1 saturated carbocycles. The van der Waals surface area contributed by atoms with Crippen molar-refractivity contribution in [1.82, 2.24) is 15.3 Å². The zero-order chi connectivity index (χ0) is 10.7. The summed E-state index contributed by atoms with van der Waals surface area (Å²) in [5.74, 6) is 0.793. The fourth-order valence-electron chi connectivity index (χ4n) is 2.02. The van der Waals surface area contributed by atoms with Crippen LogP contribution in [0.3, 0.4) is 0 Å². The molecule has 0 amide bonds. The van der Waals surface area contributed by atoms with Gasteiger partial charge in [-0.25, -0.2) is 9.97 Å². The zero-order valence-electron chi connectivity index (χ0n) is 8.98. The van der Waals surface area contributed by atoms with Gasteiger partial charge in [0, 0.05) is 18.8 Å². The first-order valence-electron chi connectivity index (χ1n) is 5.45. The monoisotopic (exact) mass is 207 g/mol. The van der Waals surface area contributed by atoms with Gasteiger partial charge in [0.1, 0.15) is 5.82 Å². The summed E-state index contributed by atoms with van der Waals surface area (Å²) in [6, 6.07) is 2.14. The quantitative estimate of drug-likeness (QED) is 0.769. The summed E-state index contributed by atoms with van der Waals surface area (Å²) >= 11 is 0. The van der Waals surface area contributed by atoms with Crippen LogP contribution >= 0.6 is 0 Å². The number of aromatic nitrogens is 2. The van der Waals surface area contributed by atoms with Crippen molar-refractivity contribution < 1.29 is 5.11 Å². The highest BCUT2D eigenvalue weighted by Crippen LogP contribution is 2.18. The smallest absolute Gasteiger partial charge is 0.125 e. The molecule has 1 aliphatic carbocycles. The number of hydrogen-bond donors (Lipinski definition) is 2. The minimum absolute atomic E-state index is 0.187. The van der Waals surface area contributed by atoms with E-state index in [1.807, 2.05) is 13.0 Å². The van der Waals surface area contributed by atoms with Gasteiger partial charge in [0.25, 0.3) is 0 Å². The lowest BCUT2D eigenvalue weighted by atomic mass is 10.2. The standard InChI is InChI=1S/C11H17N3O/c1-8-12-6-5-9(14-8)7-13-10-3-2-4-11(10)15/h5-6,10-11,13,15H,2-4,7H2,1H3/t10-,11-/m1/s1. The van der Waals surface area contributed by atoms with Gasteiger partial charge in [-0.05, 0) is 32.3 Å². The minimum Gasteiger partial charge on any atom is -0.392 e. The van der Waals surface area contributed by atoms with Crippen molar-refractivity contribution in [1.29, 1.82) is 0 Å². The summed E-state index contributed by atoms with van der Waals surface area (Å²) in [5, 5.41) is 13.0. The van der Waals surface area contributed by atoms with Crippen LogP contribution in [-0.4, -0.2) is 27.2 Å². The SMILES string of the molecule is Cc1nccc(CN[C@@H]2CCC[C@H]2O)n1. The Kier molecular flexibility index (Phi) is 3.28. The highest BCUT2D eigenvalue weighted by atomic mass is 16.3. The highest BCUT2D eigenvalue weighted by Gasteiger charge is 2.24. The average Bonchev–Trinajstić information content (AvgIpc) is 2.61. The summed E-state index contributed by atoms with van der Waals surface area (Å²) in [4.78, 5) is 8.35. The summed E-state index contributed by atoms with van der Waals surface area (Å²) in [6.07, 6.45) is 4.67. The van der Waals surface area contributed by atoms with Crippen molar-refractivity contribution in [3.05, 3.63) is 23.8 Å². The molecule has 4 nitrogen and oxygen atoms in total. The summed E-state index contributed by atoms with van der Waals surface area (Å²) in [6.45, 7) is 2.60. The molecule has 0 saturated heterocycles. The Labute approximate surface area is 89.8 Å². The van der Waals surface area contributed by atoms with Crippen LogP contribution in [0.25, 0.3) is 0 Å². The molecule has 2 rings (SSSR count). The Morgan fingerprint density at radius 1 is 1.53 bits per heavy atom. The lowest BCUT2D eigenvalue weighted by Crippen LogP contribution is -2.35. The van der Waals surface area contributed by atoms with Gasteiger partial charge in [-0.3, -0.25) is 0 Å². The first kappa shape index (κ1) is 10.5. The van der Waals surface area contributed by atoms with Crippen LogP contribution in [0.1, 0.15) is 30.8 Å². The van der Waals surface area contributed by atoms with Crippen LogP contribution in [0.15, 0.2) is 12.3 Å². The largest absolute Gasteiger partial charge is 0.392 e. The molecule has 1 aliphatic rings. The third kappa shape index (κ3) is 2.73. The summed E-state index contributed by atoms with van der Waals surface area (Å²) < 4.78 is 0. The predicted molar refractivity (Wildman–Crippen MR) is 57.3 cm³/mol. The molecule has 1 aromatic heterocycles. The second kappa shape index (κ2) is 4.68. The van der Waals surface area contributed by atoms with E-state index in [1.165, 1.54) is 0 Å². The van der Waals surface area contributed by atoms with E-state index < -0.39 is 0 Å². The molecule has 82 valence electrons. The molecule has 0 aromatic carbocycles. The van der Waals surface area contributed by atoms with E-state index in [0.29, 0.717) is 6.54 Å². The van der Waals surface area contributed by atoms with E-state index in [4.69, 9.17) is 0 Å². The summed E-state index contributed by atoms with van der Waals surface area (Å²) in [7, 11) is 0. The minimum atomic E-state index is -0.187. The summed E-state index contributed by atoms with van der Waals surface area (Å²) in [5.41, 5.74) is 0.988. The van der Waals surface area contributed by atoms with E-state index in [2.05, 4.69) is 15.3 Å². The van der Waals surface area contributed by atoms with Crippen molar-refractivity contribution in [2.24, 2.45) is 0 Å². The third-order valence-electron chi connectivity index (χ3n) is 2.86. The molecule has 0 radical (unpaired) electrons. The Bertz CT molecular complexity index is 329. The van der Waals surface area contributed by atoms with E-state index >= 15 is 0 Å². The molecule has 1 fully saturated rings. The third-order valence-corrected chi connectivity index (χ3v) is 2.86. The van der Waals surface area contributed by atoms with Crippen LogP contribution in [0.5, 0.6) is 0 Å². The van der Waals surface area contributed by atoms with Crippen molar-refractivity contribution in [3.8, 4) is 0 Å². The molecule has 0 unspecified atom stereocenters. The zero-order valence-corrected chi connectivity index (χ0v) is 8.98. The molecule has 4 heteroatoms. The molecule has 1 heterocycles. The first-order valence-corrected chi connectivity index (χ1v) is 5.45. The van der Waals surface area contributed by atoms with Gasteiger partial charge >= 0.3 is 0 Å². The van der Waals surface area contributed by atoms with Crippen LogP contribution < -0.4 is 5.32 Å². The van der Waals surface area contributed by atoms with Crippen LogP contribution in [-0.2, 0) is 6.54 Å². The molecule has 0 spiro atoms. The Hall–Kier alpha value is -1.00.